The van der Waals surface area contributed by atoms with Crippen molar-refractivity contribution in [1.82, 2.24) is 4.98 Å². The molecule has 0 fully saturated rings. The molecule has 1 N–H and O–H groups in total. The Morgan fingerprint density at radius 2 is 2.14 bits per heavy atom. The summed E-state index contributed by atoms with van der Waals surface area (Å²) in [5.74, 6) is 0.990. The first-order valence-corrected chi connectivity index (χ1v) is 5.08. The van der Waals surface area contributed by atoms with Crippen LogP contribution >= 0.6 is 23.2 Å². The quantitative estimate of drug-likeness (QED) is 0.869. The van der Waals surface area contributed by atoms with Crippen LogP contribution < -0.4 is 10.1 Å². The number of hydrogen-bond donors (Lipinski definition) is 1. The van der Waals surface area contributed by atoms with E-state index in [0.29, 0.717) is 21.7 Å². The summed E-state index contributed by atoms with van der Waals surface area (Å²) >= 11 is 11.8. The number of pyridine rings is 1. The van der Waals surface area contributed by atoms with E-state index >= 15 is 0 Å². The predicted molar refractivity (Wildman–Crippen MR) is 59.6 cm³/mol. The molecule has 0 aliphatic rings. The van der Waals surface area contributed by atoms with Gasteiger partial charge in [0.1, 0.15) is 10.8 Å². The Morgan fingerprint density at radius 3 is 2.71 bits per heavy atom. The lowest BCUT2D eigenvalue weighted by Crippen LogP contribution is -2.03. The molecule has 0 unspecified atom stereocenters. The van der Waals surface area contributed by atoms with Gasteiger partial charge in [0.05, 0.1) is 12.1 Å². The molecule has 0 aromatic carbocycles. The number of methoxy groups -OCH3 is 1. The van der Waals surface area contributed by atoms with Crippen molar-refractivity contribution in [3.63, 3.8) is 0 Å². The molecule has 14 heavy (non-hydrogen) atoms. The van der Waals surface area contributed by atoms with Gasteiger partial charge < -0.3 is 10.1 Å². The summed E-state index contributed by atoms with van der Waals surface area (Å²) in [6, 6.07) is 1.62. The van der Waals surface area contributed by atoms with Gasteiger partial charge in [0.15, 0.2) is 0 Å². The van der Waals surface area contributed by atoms with Crippen molar-refractivity contribution in [3.8, 4) is 5.88 Å². The van der Waals surface area contributed by atoms with E-state index in [1.54, 1.807) is 6.07 Å². The fraction of sp³-hybridized carbons (Fsp3) is 0.444. The van der Waals surface area contributed by atoms with Crippen molar-refractivity contribution in [2.75, 3.05) is 19.0 Å². The minimum atomic E-state index is 0.384. The molecule has 0 amide bonds. The van der Waals surface area contributed by atoms with E-state index < -0.39 is 0 Å². The van der Waals surface area contributed by atoms with E-state index in [-0.39, 0.29) is 0 Å². The van der Waals surface area contributed by atoms with Crippen LogP contribution in [-0.2, 0) is 0 Å². The van der Waals surface area contributed by atoms with Crippen LogP contribution in [0.15, 0.2) is 6.07 Å². The van der Waals surface area contributed by atoms with E-state index in [1.807, 2.05) is 0 Å². The lowest BCUT2D eigenvalue weighted by atomic mass is 10.4. The Balaban J connectivity index is 2.92. The molecule has 0 radical (unpaired) electrons. The topological polar surface area (TPSA) is 34.2 Å². The van der Waals surface area contributed by atoms with Gasteiger partial charge in [0.25, 0.3) is 0 Å². The maximum Gasteiger partial charge on any atom is 0.234 e. The monoisotopic (exact) mass is 234 g/mol. The molecule has 5 heteroatoms. The normalized spacial score (nSPS) is 10.0. The molecule has 1 aromatic heterocycles. The second-order valence-corrected chi connectivity index (χ2v) is 3.55. The molecule has 1 heterocycles. The van der Waals surface area contributed by atoms with Gasteiger partial charge >= 0.3 is 0 Å². The first-order valence-electron chi connectivity index (χ1n) is 4.33. The minimum absolute atomic E-state index is 0.384. The number of nitrogens with zero attached hydrogens (tertiary/aromatic N) is 1. The lowest BCUT2D eigenvalue weighted by Gasteiger charge is -2.08. The summed E-state index contributed by atoms with van der Waals surface area (Å²) in [7, 11) is 1.52. The molecule has 0 bridgehead atoms. The smallest absolute Gasteiger partial charge is 0.234 e. The van der Waals surface area contributed by atoms with Crippen LogP contribution in [0.1, 0.15) is 13.3 Å². The van der Waals surface area contributed by atoms with Crippen molar-refractivity contribution < 1.29 is 4.74 Å². The van der Waals surface area contributed by atoms with Crippen LogP contribution in [-0.4, -0.2) is 18.6 Å². The summed E-state index contributed by atoms with van der Waals surface area (Å²) in [6.07, 6.45) is 1.00. The molecule has 0 aliphatic heterocycles. The highest BCUT2D eigenvalue weighted by atomic mass is 35.5. The first-order chi connectivity index (χ1) is 6.69. The first kappa shape index (κ1) is 11.4. The van der Waals surface area contributed by atoms with Crippen LogP contribution in [0, 0.1) is 0 Å². The van der Waals surface area contributed by atoms with Gasteiger partial charge in [-0.3, -0.25) is 0 Å². The van der Waals surface area contributed by atoms with E-state index in [1.165, 1.54) is 7.11 Å². The van der Waals surface area contributed by atoms with Crippen LogP contribution in [0.25, 0.3) is 0 Å². The summed E-state index contributed by atoms with van der Waals surface area (Å²) in [5.41, 5.74) is 0. The molecular formula is C9H12Cl2N2O. The zero-order valence-corrected chi connectivity index (χ0v) is 9.61. The molecule has 0 aliphatic carbocycles. The molecule has 78 valence electrons. The van der Waals surface area contributed by atoms with Crippen LogP contribution in [0.3, 0.4) is 0 Å². The Kier molecular flexibility index (Phi) is 4.29. The number of rotatable bonds is 4. The van der Waals surface area contributed by atoms with Gasteiger partial charge in [-0.25, -0.2) is 0 Å². The van der Waals surface area contributed by atoms with Crippen LogP contribution in [0.4, 0.5) is 5.82 Å². The van der Waals surface area contributed by atoms with Gasteiger partial charge in [0.2, 0.25) is 5.88 Å². The number of hydrogen-bond acceptors (Lipinski definition) is 3. The van der Waals surface area contributed by atoms with E-state index in [9.17, 15) is 0 Å². The minimum Gasteiger partial charge on any atom is -0.480 e. The lowest BCUT2D eigenvalue weighted by molar-refractivity contribution is 0.398. The maximum absolute atomic E-state index is 5.93. The third kappa shape index (κ3) is 2.66. The summed E-state index contributed by atoms with van der Waals surface area (Å²) in [4.78, 5) is 4.13. The molecule has 1 aromatic rings. The fourth-order valence-corrected chi connectivity index (χ4v) is 1.46. The average Bonchev–Trinajstić information content (AvgIpc) is 2.17. The van der Waals surface area contributed by atoms with Gasteiger partial charge in [-0.15, -0.1) is 0 Å². The molecule has 1 rings (SSSR count). The number of nitrogens with one attached hydrogen (secondary N) is 1. The van der Waals surface area contributed by atoms with Crippen LogP contribution in [0.2, 0.25) is 10.0 Å². The maximum atomic E-state index is 5.93. The Labute approximate surface area is 93.4 Å². The standard InChI is InChI=1S/C9H12Cl2N2O/c1-3-4-12-8-6(10)5-7(11)9(13-8)14-2/h5H,3-4H2,1-2H3,(H,12,13). The zero-order chi connectivity index (χ0) is 10.6. The van der Waals surface area contributed by atoms with E-state index in [0.717, 1.165) is 13.0 Å². The second kappa shape index (κ2) is 5.27. The number of ether oxygens (including phenoxy) is 1. The van der Waals surface area contributed by atoms with Crippen molar-refractivity contribution in [2.24, 2.45) is 0 Å². The van der Waals surface area contributed by atoms with Crippen LogP contribution in [0.5, 0.6) is 5.88 Å². The highest BCUT2D eigenvalue weighted by Crippen LogP contribution is 2.30. The van der Waals surface area contributed by atoms with Gasteiger partial charge in [-0.05, 0) is 12.5 Å². The predicted octanol–water partition coefficient (Wildman–Crippen LogP) is 3.22. The summed E-state index contributed by atoms with van der Waals surface area (Å²) in [5, 5.41) is 4.00. The molecule has 0 saturated heterocycles. The van der Waals surface area contributed by atoms with Crippen molar-refractivity contribution in [3.05, 3.63) is 16.1 Å². The largest absolute Gasteiger partial charge is 0.480 e. The molecule has 3 nitrogen and oxygen atoms in total. The molecule has 0 atom stereocenters. The Bertz CT molecular complexity index is 318. The second-order valence-electron chi connectivity index (χ2n) is 2.74. The Hall–Kier alpha value is -0.670. The van der Waals surface area contributed by atoms with Crippen molar-refractivity contribution >= 4 is 29.0 Å². The average molecular weight is 235 g/mol. The highest BCUT2D eigenvalue weighted by molar-refractivity contribution is 6.36. The summed E-state index contributed by atoms with van der Waals surface area (Å²) in [6.45, 7) is 2.88. The highest BCUT2D eigenvalue weighted by Gasteiger charge is 2.08. The molecular weight excluding hydrogens is 223 g/mol. The number of anilines is 1. The Morgan fingerprint density at radius 1 is 1.43 bits per heavy atom. The third-order valence-electron chi connectivity index (χ3n) is 1.63. The molecule has 0 spiro atoms. The number of halogens is 2. The zero-order valence-electron chi connectivity index (χ0n) is 8.10. The van der Waals surface area contributed by atoms with Crippen molar-refractivity contribution in [2.45, 2.75) is 13.3 Å². The van der Waals surface area contributed by atoms with Gasteiger partial charge in [-0.2, -0.15) is 4.98 Å². The SMILES string of the molecule is CCCNc1nc(OC)c(Cl)cc1Cl. The third-order valence-corrected chi connectivity index (χ3v) is 2.19. The molecule has 0 saturated carbocycles. The summed E-state index contributed by atoms with van der Waals surface area (Å²) < 4.78 is 4.98. The van der Waals surface area contributed by atoms with Gasteiger partial charge in [0, 0.05) is 6.54 Å². The van der Waals surface area contributed by atoms with Crippen molar-refractivity contribution in [1.29, 1.82) is 0 Å². The van der Waals surface area contributed by atoms with E-state index in [2.05, 4.69) is 17.2 Å². The van der Waals surface area contributed by atoms with Gasteiger partial charge in [-0.1, -0.05) is 30.1 Å². The van der Waals surface area contributed by atoms with E-state index in [4.69, 9.17) is 27.9 Å². The number of aromatic nitrogens is 1. The fourth-order valence-electron chi connectivity index (χ4n) is 0.960.